The zero-order valence-corrected chi connectivity index (χ0v) is 16.6. The highest BCUT2D eigenvalue weighted by Crippen LogP contribution is 2.23. The Balaban J connectivity index is 1.43. The van der Waals surface area contributed by atoms with Gasteiger partial charge in [0, 0.05) is 24.7 Å². The number of ether oxygens (including phenoxy) is 1. The van der Waals surface area contributed by atoms with Crippen molar-refractivity contribution < 1.29 is 23.9 Å². The summed E-state index contributed by atoms with van der Waals surface area (Å²) in [5.41, 5.74) is 1.00. The van der Waals surface area contributed by atoms with E-state index in [1.165, 1.54) is 0 Å². The zero-order valence-electron chi connectivity index (χ0n) is 16.6. The summed E-state index contributed by atoms with van der Waals surface area (Å²) in [4.78, 5) is 49.4. The molecule has 2 N–H and O–H groups in total. The molecule has 8 nitrogen and oxygen atoms in total. The molecule has 1 saturated carbocycles. The van der Waals surface area contributed by atoms with E-state index in [4.69, 9.17) is 4.74 Å². The standard InChI is InChI=1S/C21H27N3O5/c1-14-5-2-3-6-17(14)22-21(28)23-18(25)13-29-20(27)15-8-10-16(11-9-15)24-12-4-7-19(24)26/h8-11,14,17H,2-7,12-13H2,1H3,(H2,22,23,25,28)/t14-,17+/m1/s1. The molecule has 29 heavy (non-hydrogen) atoms. The number of carbonyl (C=O) groups is 4. The van der Waals surface area contributed by atoms with Crippen molar-refractivity contribution in [3.8, 4) is 0 Å². The molecule has 2 atom stereocenters. The van der Waals surface area contributed by atoms with Gasteiger partial charge in [-0.3, -0.25) is 14.9 Å². The Labute approximate surface area is 170 Å². The predicted molar refractivity (Wildman–Crippen MR) is 106 cm³/mol. The predicted octanol–water partition coefficient (Wildman–Crippen LogP) is 2.37. The van der Waals surface area contributed by atoms with Gasteiger partial charge in [-0.05, 0) is 49.4 Å². The highest BCUT2D eigenvalue weighted by atomic mass is 16.5. The van der Waals surface area contributed by atoms with Gasteiger partial charge in [0.25, 0.3) is 5.91 Å². The van der Waals surface area contributed by atoms with Crippen molar-refractivity contribution in [2.75, 3.05) is 18.1 Å². The Morgan fingerprint density at radius 1 is 1.10 bits per heavy atom. The summed E-state index contributed by atoms with van der Waals surface area (Å²) in [5.74, 6) is -0.904. The molecule has 2 fully saturated rings. The zero-order chi connectivity index (χ0) is 20.8. The third kappa shape index (κ3) is 5.56. The van der Waals surface area contributed by atoms with Crippen LogP contribution in [0.3, 0.4) is 0 Å². The average molecular weight is 401 g/mol. The number of amides is 4. The number of anilines is 1. The minimum absolute atomic E-state index is 0.0557. The Morgan fingerprint density at radius 3 is 2.48 bits per heavy atom. The second-order valence-electron chi connectivity index (χ2n) is 7.66. The lowest BCUT2D eigenvalue weighted by molar-refractivity contribution is -0.123. The monoisotopic (exact) mass is 401 g/mol. The number of esters is 1. The molecule has 3 rings (SSSR count). The number of carbonyl (C=O) groups excluding carboxylic acids is 4. The normalized spacial score (nSPS) is 21.6. The van der Waals surface area contributed by atoms with Crippen LogP contribution in [0.1, 0.15) is 55.8 Å². The van der Waals surface area contributed by atoms with Crippen molar-refractivity contribution in [1.82, 2.24) is 10.6 Å². The van der Waals surface area contributed by atoms with Gasteiger partial charge in [0.1, 0.15) is 0 Å². The molecule has 156 valence electrons. The molecule has 1 heterocycles. The van der Waals surface area contributed by atoms with Gasteiger partial charge in [0.15, 0.2) is 6.61 Å². The summed E-state index contributed by atoms with van der Waals surface area (Å²) in [7, 11) is 0. The van der Waals surface area contributed by atoms with Gasteiger partial charge in [-0.25, -0.2) is 9.59 Å². The first-order chi connectivity index (χ1) is 13.9. The number of hydrogen-bond acceptors (Lipinski definition) is 5. The third-order valence-electron chi connectivity index (χ3n) is 5.50. The summed E-state index contributed by atoms with van der Waals surface area (Å²) in [5, 5.41) is 5.01. The molecule has 1 aliphatic carbocycles. The first-order valence-corrected chi connectivity index (χ1v) is 10.1. The van der Waals surface area contributed by atoms with Crippen LogP contribution in [0.4, 0.5) is 10.5 Å². The maximum absolute atomic E-state index is 12.1. The number of nitrogens with one attached hydrogen (secondary N) is 2. The Morgan fingerprint density at radius 2 is 1.83 bits per heavy atom. The molecule has 1 aromatic rings. The van der Waals surface area contributed by atoms with Crippen molar-refractivity contribution in [2.24, 2.45) is 5.92 Å². The van der Waals surface area contributed by atoms with E-state index in [0.29, 0.717) is 18.9 Å². The van der Waals surface area contributed by atoms with E-state index in [1.807, 2.05) is 0 Å². The summed E-state index contributed by atoms with van der Waals surface area (Å²) in [6.45, 7) is 2.21. The minimum atomic E-state index is -0.682. The van der Waals surface area contributed by atoms with Crippen LogP contribution in [-0.2, 0) is 14.3 Å². The van der Waals surface area contributed by atoms with Gasteiger partial charge in [-0.1, -0.05) is 19.8 Å². The molecule has 1 aromatic carbocycles. The lowest BCUT2D eigenvalue weighted by Gasteiger charge is -2.29. The van der Waals surface area contributed by atoms with Crippen molar-refractivity contribution in [1.29, 1.82) is 0 Å². The molecule has 0 aromatic heterocycles. The van der Waals surface area contributed by atoms with Gasteiger partial charge in [-0.2, -0.15) is 0 Å². The fourth-order valence-corrected chi connectivity index (χ4v) is 3.81. The van der Waals surface area contributed by atoms with Crippen LogP contribution in [-0.4, -0.2) is 43.0 Å². The molecule has 0 bridgehead atoms. The van der Waals surface area contributed by atoms with Crippen molar-refractivity contribution >= 4 is 29.5 Å². The maximum Gasteiger partial charge on any atom is 0.338 e. The Hall–Kier alpha value is -2.90. The molecule has 0 unspecified atom stereocenters. The molecule has 4 amide bonds. The van der Waals surface area contributed by atoms with E-state index in [-0.39, 0.29) is 17.5 Å². The van der Waals surface area contributed by atoms with Crippen LogP contribution in [0, 0.1) is 5.92 Å². The van der Waals surface area contributed by atoms with Crippen LogP contribution < -0.4 is 15.5 Å². The fraction of sp³-hybridized carbons (Fsp3) is 0.524. The van der Waals surface area contributed by atoms with E-state index >= 15 is 0 Å². The molecule has 0 radical (unpaired) electrons. The van der Waals surface area contributed by atoms with Gasteiger partial charge in [-0.15, -0.1) is 0 Å². The number of benzene rings is 1. The molecular formula is C21H27N3O5. The maximum atomic E-state index is 12.1. The molecule has 8 heteroatoms. The van der Waals surface area contributed by atoms with E-state index in [0.717, 1.165) is 37.8 Å². The molecule has 2 aliphatic rings. The fourth-order valence-electron chi connectivity index (χ4n) is 3.81. The quantitative estimate of drug-likeness (QED) is 0.737. The van der Waals surface area contributed by atoms with Crippen molar-refractivity contribution in [3.05, 3.63) is 29.8 Å². The Bertz CT molecular complexity index is 777. The first kappa shape index (κ1) is 20.8. The number of urea groups is 1. The highest BCUT2D eigenvalue weighted by Gasteiger charge is 2.24. The molecule has 1 aliphatic heterocycles. The third-order valence-corrected chi connectivity index (χ3v) is 5.50. The molecule has 1 saturated heterocycles. The highest BCUT2D eigenvalue weighted by molar-refractivity contribution is 5.98. The van der Waals surface area contributed by atoms with Crippen LogP contribution in [0.15, 0.2) is 24.3 Å². The van der Waals surface area contributed by atoms with E-state index < -0.39 is 24.5 Å². The summed E-state index contributed by atoms with van der Waals surface area (Å²) in [6.07, 6.45) is 5.53. The van der Waals surface area contributed by atoms with Gasteiger partial charge in [0.2, 0.25) is 5.91 Å². The number of rotatable bonds is 5. The topological polar surface area (TPSA) is 105 Å². The smallest absolute Gasteiger partial charge is 0.338 e. The van der Waals surface area contributed by atoms with Gasteiger partial charge in [0.05, 0.1) is 5.56 Å². The number of nitrogens with zero attached hydrogens (tertiary/aromatic N) is 1. The lowest BCUT2D eigenvalue weighted by atomic mass is 9.86. The van der Waals surface area contributed by atoms with Crippen LogP contribution in [0.2, 0.25) is 0 Å². The summed E-state index contributed by atoms with van der Waals surface area (Å²) in [6, 6.07) is 5.96. The van der Waals surface area contributed by atoms with Crippen molar-refractivity contribution in [3.63, 3.8) is 0 Å². The number of hydrogen-bond donors (Lipinski definition) is 2. The Kier molecular flexibility index (Phi) is 6.85. The van der Waals surface area contributed by atoms with Crippen LogP contribution in [0.5, 0.6) is 0 Å². The van der Waals surface area contributed by atoms with Gasteiger partial charge >= 0.3 is 12.0 Å². The van der Waals surface area contributed by atoms with Gasteiger partial charge < -0.3 is 15.0 Å². The SMILES string of the molecule is C[C@@H]1CCCC[C@@H]1NC(=O)NC(=O)COC(=O)c1ccc(N2CCCC2=O)cc1. The molecule has 0 spiro atoms. The van der Waals surface area contributed by atoms with Crippen LogP contribution >= 0.6 is 0 Å². The summed E-state index contributed by atoms with van der Waals surface area (Å²) < 4.78 is 4.98. The van der Waals surface area contributed by atoms with Crippen LogP contribution in [0.25, 0.3) is 0 Å². The second kappa shape index (κ2) is 9.54. The van der Waals surface area contributed by atoms with Crippen molar-refractivity contribution in [2.45, 2.75) is 51.5 Å². The first-order valence-electron chi connectivity index (χ1n) is 10.1. The minimum Gasteiger partial charge on any atom is -0.452 e. The number of imide groups is 1. The van der Waals surface area contributed by atoms with E-state index in [1.54, 1.807) is 29.2 Å². The molecular weight excluding hydrogens is 374 g/mol. The summed E-state index contributed by atoms with van der Waals surface area (Å²) >= 11 is 0. The second-order valence-corrected chi connectivity index (χ2v) is 7.66. The largest absolute Gasteiger partial charge is 0.452 e. The average Bonchev–Trinajstić information content (AvgIpc) is 3.14. The van der Waals surface area contributed by atoms with E-state index in [9.17, 15) is 19.2 Å². The lowest BCUT2D eigenvalue weighted by Crippen LogP contribution is -2.48. The van der Waals surface area contributed by atoms with E-state index in [2.05, 4.69) is 17.6 Å².